The number of hydrogen-bond donors (Lipinski definition) is 0. The van der Waals surface area contributed by atoms with Crippen molar-refractivity contribution in [3.63, 3.8) is 0 Å². The number of ether oxygens (including phenoxy) is 2. The van der Waals surface area contributed by atoms with E-state index in [0.717, 1.165) is 35.5 Å². The first-order valence-electron chi connectivity index (χ1n) is 10.7. The number of rotatable bonds is 8. The fourth-order valence-electron chi connectivity index (χ4n) is 3.63. The summed E-state index contributed by atoms with van der Waals surface area (Å²) in [5, 5.41) is 0. The summed E-state index contributed by atoms with van der Waals surface area (Å²) < 4.78 is 13.3. The average molecular weight is 483 g/mol. The molecule has 0 unspecified atom stereocenters. The number of esters is 1. The van der Waals surface area contributed by atoms with E-state index in [-0.39, 0.29) is 32.5 Å². The Morgan fingerprint density at radius 2 is 1.77 bits per heavy atom. The van der Waals surface area contributed by atoms with Gasteiger partial charge in [-0.25, -0.2) is 0 Å². The van der Waals surface area contributed by atoms with Crippen molar-refractivity contribution in [1.82, 2.24) is 9.88 Å². The second kappa shape index (κ2) is 9.82. The van der Waals surface area contributed by atoms with E-state index in [4.69, 9.17) is 9.47 Å². The summed E-state index contributed by atoms with van der Waals surface area (Å²) in [5.74, 6) is 0.860. The molecule has 1 aromatic heterocycles. The number of likely N-dealkylation sites (tertiary alicyclic amines) is 1. The second-order valence-corrected chi connectivity index (χ2v) is 10.2. The Morgan fingerprint density at radius 3 is 2.42 bits per heavy atom. The van der Waals surface area contributed by atoms with Crippen LogP contribution in [-0.2, 0) is 16.1 Å². The van der Waals surface area contributed by atoms with Gasteiger partial charge in [-0.1, -0.05) is 0 Å². The Balaban J connectivity index is 1.35. The normalized spacial score (nSPS) is 14.5. The average Bonchev–Trinajstić information content (AvgIpc) is 3.21. The second-order valence-electron chi connectivity index (χ2n) is 8.06. The van der Waals surface area contributed by atoms with Crippen LogP contribution in [0.15, 0.2) is 54.7 Å². The minimum atomic E-state index is -0.0672. The third-order valence-corrected chi connectivity index (χ3v) is 7.50. The van der Waals surface area contributed by atoms with Crippen molar-refractivity contribution in [2.24, 2.45) is 5.92 Å². The van der Waals surface area contributed by atoms with E-state index in [9.17, 15) is 4.79 Å². The molecular weight excluding hydrogens is 455 g/mol. The van der Waals surface area contributed by atoms with Gasteiger partial charge < -0.3 is 0 Å². The predicted molar refractivity (Wildman–Crippen MR) is 123 cm³/mol. The number of carbonyl (C=O) groups is 1. The van der Waals surface area contributed by atoms with E-state index in [1.54, 1.807) is 0 Å². The summed E-state index contributed by atoms with van der Waals surface area (Å²) >= 11 is 0.187. The fraction of sp³-hybridized carbons (Fsp3) is 0.360. The molecule has 1 aliphatic heterocycles. The van der Waals surface area contributed by atoms with Gasteiger partial charge in [0.15, 0.2) is 0 Å². The summed E-state index contributed by atoms with van der Waals surface area (Å²) in [6, 6.07) is 16.9. The number of nitrogens with zero attached hydrogens (tertiary/aromatic N) is 2. The van der Waals surface area contributed by atoms with Gasteiger partial charge >= 0.3 is 183 Å². The van der Waals surface area contributed by atoms with Crippen molar-refractivity contribution >= 4 is 20.5 Å². The summed E-state index contributed by atoms with van der Waals surface area (Å²) in [6.45, 7) is 8.81. The van der Waals surface area contributed by atoms with Crippen LogP contribution in [0.1, 0.15) is 26.3 Å². The number of benzene rings is 2. The molecule has 0 spiro atoms. The Bertz CT molecular complexity index is 1010. The third-order valence-electron chi connectivity index (χ3n) is 5.20. The molecule has 0 amide bonds. The molecule has 0 atom stereocenters. The van der Waals surface area contributed by atoms with Gasteiger partial charge in [0.25, 0.3) is 0 Å². The summed E-state index contributed by atoms with van der Waals surface area (Å²) in [7, 11) is 0. The SMILES string of the molecule is CCOC(=O)C1CN(Cc2ccc(-c3cnc(-c4ccc(OC(C)C)cc4)[se]3)cc2)C1. The van der Waals surface area contributed by atoms with Gasteiger partial charge in [-0.05, 0) is 6.92 Å². The molecule has 3 aromatic rings. The minimum absolute atomic E-state index is 0.0344. The molecule has 0 aliphatic carbocycles. The molecule has 1 aliphatic rings. The zero-order valence-electron chi connectivity index (χ0n) is 18.2. The molecular formula is C25H28N2O3Se. The van der Waals surface area contributed by atoms with Crippen LogP contribution < -0.4 is 4.74 Å². The molecule has 6 heteroatoms. The molecule has 0 bridgehead atoms. The zero-order chi connectivity index (χ0) is 21.8. The number of hydrogen-bond acceptors (Lipinski definition) is 5. The van der Waals surface area contributed by atoms with Gasteiger partial charge in [0.1, 0.15) is 0 Å². The third kappa shape index (κ3) is 5.45. The Labute approximate surface area is 189 Å². The molecule has 0 N–H and O–H groups in total. The van der Waals surface area contributed by atoms with Crippen LogP contribution in [0.4, 0.5) is 0 Å². The molecule has 31 heavy (non-hydrogen) atoms. The van der Waals surface area contributed by atoms with Gasteiger partial charge in [0.05, 0.1) is 0 Å². The van der Waals surface area contributed by atoms with Crippen LogP contribution in [-0.4, -0.2) is 56.2 Å². The van der Waals surface area contributed by atoms with Crippen molar-refractivity contribution in [2.45, 2.75) is 33.4 Å². The van der Waals surface area contributed by atoms with E-state index < -0.39 is 0 Å². The first kappa shape index (κ1) is 21.8. The summed E-state index contributed by atoms with van der Waals surface area (Å²) in [5.41, 5.74) is 3.65. The van der Waals surface area contributed by atoms with Crippen LogP contribution in [0, 0.1) is 5.92 Å². The zero-order valence-corrected chi connectivity index (χ0v) is 19.9. The van der Waals surface area contributed by atoms with Gasteiger partial charge in [0, 0.05) is 0 Å². The van der Waals surface area contributed by atoms with Crippen molar-refractivity contribution in [1.29, 1.82) is 0 Å². The topological polar surface area (TPSA) is 51.7 Å². The maximum atomic E-state index is 11.7. The van der Waals surface area contributed by atoms with Crippen molar-refractivity contribution in [3.8, 4) is 25.9 Å². The molecule has 0 radical (unpaired) electrons. The molecule has 0 saturated carbocycles. The maximum absolute atomic E-state index is 11.7. The standard InChI is InChI=1S/C25H28N2O3Se/c1-4-29-25(28)21-15-27(16-21)14-18-5-7-19(8-6-18)23-13-26-24(31-23)20-9-11-22(12-10-20)30-17(2)3/h5-13,17,21H,4,14-16H2,1-3H3. The fourth-order valence-corrected chi connectivity index (χ4v) is 5.57. The quantitative estimate of drug-likeness (QED) is 0.354. The van der Waals surface area contributed by atoms with Crippen molar-refractivity contribution < 1.29 is 14.3 Å². The summed E-state index contributed by atoms with van der Waals surface area (Å²) in [6.07, 6.45) is 2.18. The monoisotopic (exact) mass is 484 g/mol. The molecule has 4 rings (SSSR count). The van der Waals surface area contributed by atoms with Gasteiger partial charge in [-0.2, -0.15) is 0 Å². The Morgan fingerprint density at radius 1 is 1.10 bits per heavy atom. The van der Waals surface area contributed by atoms with E-state index >= 15 is 0 Å². The van der Waals surface area contributed by atoms with Gasteiger partial charge in [-0.15, -0.1) is 0 Å². The molecule has 2 aromatic carbocycles. The van der Waals surface area contributed by atoms with E-state index in [1.807, 2.05) is 39.1 Å². The molecule has 1 fully saturated rings. The first-order valence-corrected chi connectivity index (χ1v) is 12.4. The van der Waals surface area contributed by atoms with Crippen molar-refractivity contribution in [3.05, 3.63) is 60.3 Å². The first-order chi connectivity index (χ1) is 15.0. The Kier molecular flexibility index (Phi) is 6.91. The number of carbonyl (C=O) groups excluding carboxylic acids is 1. The van der Waals surface area contributed by atoms with E-state index in [2.05, 4.69) is 46.3 Å². The van der Waals surface area contributed by atoms with Crippen molar-refractivity contribution in [2.75, 3.05) is 19.7 Å². The van der Waals surface area contributed by atoms with Crippen LogP contribution in [0.5, 0.6) is 5.75 Å². The molecule has 1 saturated heterocycles. The molecule has 162 valence electrons. The van der Waals surface area contributed by atoms with Crippen LogP contribution in [0.25, 0.3) is 20.1 Å². The van der Waals surface area contributed by atoms with Crippen LogP contribution in [0.3, 0.4) is 0 Å². The van der Waals surface area contributed by atoms with E-state index in [0.29, 0.717) is 6.61 Å². The van der Waals surface area contributed by atoms with Gasteiger partial charge in [-0.3, -0.25) is 0 Å². The summed E-state index contributed by atoms with van der Waals surface area (Å²) in [4.78, 5) is 18.7. The van der Waals surface area contributed by atoms with Gasteiger partial charge in [0.2, 0.25) is 0 Å². The molecule has 5 nitrogen and oxygen atoms in total. The van der Waals surface area contributed by atoms with E-state index in [1.165, 1.54) is 15.6 Å². The number of aromatic nitrogens is 1. The Hall–Kier alpha value is -2.40. The van der Waals surface area contributed by atoms with Crippen LogP contribution >= 0.6 is 0 Å². The molecule has 2 heterocycles. The van der Waals surface area contributed by atoms with Crippen LogP contribution in [0.2, 0.25) is 0 Å². The predicted octanol–water partition coefficient (Wildman–Crippen LogP) is 4.25.